The van der Waals surface area contributed by atoms with E-state index in [4.69, 9.17) is 9.90 Å². The number of nitrogens with zero attached hydrogens (tertiary/aromatic N) is 1. The van der Waals surface area contributed by atoms with Crippen LogP contribution in [0.5, 0.6) is 0 Å². The van der Waals surface area contributed by atoms with Crippen LogP contribution in [0.15, 0.2) is 0 Å². The predicted octanol–water partition coefficient (Wildman–Crippen LogP) is -3.08. The van der Waals surface area contributed by atoms with Crippen molar-refractivity contribution in [3.63, 3.8) is 0 Å². The number of hydrogen-bond donors (Lipinski definition) is 1. The monoisotopic (exact) mass is 293 g/mol. The van der Waals surface area contributed by atoms with Crippen molar-refractivity contribution >= 4 is 26.0 Å². The molecule has 0 rings (SSSR count). The van der Waals surface area contributed by atoms with Crippen LogP contribution in [-0.2, 0) is 24.8 Å². The maximum atomic E-state index is 10.6. The van der Waals surface area contributed by atoms with Crippen LogP contribution in [0, 0.1) is 0 Å². The molecule has 13 heteroatoms. The van der Waals surface area contributed by atoms with Crippen molar-refractivity contribution in [3.05, 3.63) is 4.13 Å². The topological polar surface area (TPSA) is 120 Å². The van der Waals surface area contributed by atoms with Gasteiger partial charge in [0.25, 0.3) is 0 Å². The van der Waals surface area contributed by atoms with Crippen LogP contribution in [0.25, 0.3) is 4.13 Å². The molecule has 0 saturated heterocycles. The zero-order valence-electron chi connectivity index (χ0n) is 8.89. The number of alkyl halides is 3. The molecule has 7 nitrogen and oxygen atoms in total. The summed E-state index contributed by atoms with van der Waals surface area (Å²) in [5.74, 6) is -2.76. The van der Waals surface area contributed by atoms with E-state index in [9.17, 15) is 30.0 Å². The van der Waals surface area contributed by atoms with E-state index >= 15 is 0 Å². The van der Waals surface area contributed by atoms with Gasteiger partial charge >= 0.3 is 31.0 Å². The van der Waals surface area contributed by atoms with Crippen molar-refractivity contribution in [3.8, 4) is 0 Å². The van der Waals surface area contributed by atoms with Gasteiger partial charge in [-0.1, -0.05) is 0 Å². The van der Waals surface area contributed by atoms with Crippen LogP contribution >= 0.6 is 0 Å². The number of halogens is 3. The number of sulfonamides is 2. The fourth-order valence-electron chi connectivity index (χ4n) is 0.246. The molecule has 0 unspecified atom stereocenters. The first kappa shape index (κ1) is 21.9. The van der Waals surface area contributed by atoms with Crippen LogP contribution in [0.2, 0.25) is 0 Å². The van der Waals surface area contributed by atoms with Gasteiger partial charge in [-0.15, -0.1) is 0 Å². The van der Waals surface area contributed by atoms with Crippen LogP contribution in [-0.4, -0.2) is 46.6 Å². The average molecular weight is 293 g/mol. The minimum atomic E-state index is -5.08. The first-order valence-electron chi connectivity index (χ1n) is 3.09. The summed E-state index contributed by atoms with van der Waals surface area (Å²) in [6.45, 7) is 0. The molecular formula is C4H7F3LiNO6S2. The summed E-state index contributed by atoms with van der Waals surface area (Å²) in [6, 6.07) is 0. The molecule has 0 aromatic heterocycles. The molecule has 0 heterocycles. The zero-order valence-corrected chi connectivity index (χ0v) is 10.5. The van der Waals surface area contributed by atoms with E-state index in [1.807, 2.05) is 0 Å². The Bertz CT molecular complexity index is 410. The van der Waals surface area contributed by atoms with Crippen molar-refractivity contribution in [2.75, 3.05) is 12.5 Å². The third kappa shape index (κ3) is 21.5. The molecule has 0 aromatic rings. The molecular weight excluding hydrogens is 286 g/mol. The number of hydrogen-bond acceptors (Lipinski definition) is 5. The molecule has 0 fully saturated rings. The fraction of sp³-hybridized carbons (Fsp3) is 0.750. The Kier molecular flexibility index (Phi) is 9.32. The Morgan fingerprint density at radius 2 is 1.24 bits per heavy atom. The van der Waals surface area contributed by atoms with Gasteiger partial charge in [-0.3, -0.25) is 0 Å². The summed E-state index contributed by atoms with van der Waals surface area (Å²) < 4.78 is 74.6. The molecule has 98 valence electrons. The Morgan fingerprint density at radius 3 is 1.24 bits per heavy atom. The molecule has 0 saturated carbocycles. The van der Waals surface area contributed by atoms with Crippen LogP contribution in [0.3, 0.4) is 0 Å². The second kappa shape index (κ2) is 7.22. The van der Waals surface area contributed by atoms with Crippen molar-refractivity contribution in [2.24, 2.45) is 0 Å². The normalized spacial score (nSPS) is 11.8. The Balaban J connectivity index is -0.000000224. The minimum absolute atomic E-state index is 0. The van der Waals surface area contributed by atoms with E-state index in [1.165, 1.54) is 0 Å². The summed E-state index contributed by atoms with van der Waals surface area (Å²) in [6.07, 6.45) is -3.65. The molecule has 0 aliphatic carbocycles. The van der Waals surface area contributed by atoms with Gasteiger partial charge in [0.15, 0.2) is 0 Å². The van der Waals surface area contributed by atoms with Gasteiger partial charge < -0.3 is 9.23 Å². The van der Waals surface area contributed by atoms with Gasteiger partial charge in [0.2, 0.25) is 0 Å². The van der Waals surface area contributed by atoms with E-state index in [2.05, 4.69) is 4.13 Å². The molecule has 0 bridgehead atoms. The van der Waals surface area contributed by atoms with Gasteiger partial charge in [0, 0.05) is 12.5 Å². The minimum Gasteiger partial charge on any atom is -0.475 e. The Morgan fingerprint density at radius 1 is 1.06 bits per heavy atom. The Hall–Kier alpha value is -0.283. The van der Waals surface area contributed by atoms with Crippen LogP contribution in [0.4, 0.5) is 13.2 Å². The Labute approximate surface area is 108 Å². The molecule has 0 aliphatic rings. The SMILES string of the molecule is CS(=O)(=O)[N-]S(C)(=O)=O.O=C(O)C(F)(F)F.[Li+]. The average Bonchev–Trinajstić information content (AvgIpc) is 1.75. The number of carboxylic acids is 1. The quantitative estimate of drug-likeness (QED) is 0.539. The number of aliphatic carboxylic acids is 1. The zero-order chi connectivity index (χ0) is 13.8. The number of carbonyl (C=O) groups is 1. The van der Waals surface area contributed by atoms with Gasteiger partial charge in [-0.05, 0) is 0 Å². The second-order valence-corrected chi connectivity index (χ2v) is 5.87. The van der Waals surface area contributed by atoms with Gasteiger partial charge in [-0.2, -0.15) is 13.2 Å². The van der Waals surface area contributed by atoms with Crippen LogP contribution in [0.1, 0.15) is 0 Å². The molecule has 0 aliphatic heterocycles. The van der Waals surface area contributed by atoms with Crippen molar-refractivity contribution < 1.29 is 58.8 Å². The van der Waals surface area contributed by atoms with E-state index < -0.39 is 32.2 Å². The maximum Gasteiger partial charge on any atom is 1.00 e. The van der Waals surface area contributed by atoms with Crippen molar-refractivity contribution in [1.29, 1.82) is 0 Å². The predicted molar refractivity (Wildman–Crippen MR) is 46.7 cm³/mol. The molecule has 1 N–H and O–H groups in total. The van der Waals surface area contributed by atoms with Crippen molar-refractivity contribution in [2.45, 2.75) is 6.18 Å². The summed E-state index contributed by atoms with van der Waals surface area (Å²) >= 11 is 0. The van der Waals surface area contributed by atoms with Gasteiger partial charge in [0.05, 0.1) is 20.0 Å². The summed E-state index contributed by atoms with van der Waals surface area (Å²) in [7, 11) is -7.49. The first-order chi connectivity index (χ1) is 6.65. The largest absolute Gasteiger partial charge is 1.00 e. The molecule has 17 heavy (non-hydrogen) atoms. The van der Waals surface area contributed by atoms with E-state index in [-0.39, 0.29) is 18.9 Å². The van der Waals surface area contributed by atoms with E-state index in [1.54, 1.807) is 0 Å². The first-order valence-corrected chi connectivity index (χ1v) is 6.79. The molecule has 0 radical (unpaired) electrons. The summed E-state index contributed by atoms with van der Waals surface area (Å²) in [4.78, 5) is 8.90. The molecule has 0 spiro atoms. The summed E-state index contributed by atoms with van der Waals surface area (Å²) in [5, 5.41) is 7.12. The van der Waals surface area contributed by atoms with Gasteiger partial charge in [-0.25, -0.2) is 21.6 Å². The fourth-order valence-corrected chi connectivity index (χ4v) is 2.21. The smallest absolute Gasteiger partial charge is 0.475 e. The maximum absolute atomic E-state index is 10.6. The second-order valence-electron chi connectivity index (χ2n) is 2.34. The van der Waals surface area contributed by atoms with E-state index in [0.717, 1.165) is 0 Å². The number of carboxylic acid groups (broad SMARTS) is 1. The van der Waals surface area contributed by atoms with Gasteiger partial charge in [0.1, 0.15) is 0 Å². The molecule has 0 amide bonds. The van der Waals surface area contributed by atoms with Crippen molar-refractivity contribution in [1.82, 2.24) is 0 Å². The summed E-state index contributed by atoms with van der Waals surface area (Å²) in [5.41, 5.74) is 0. The molecule has 0 atom stereocenters. The van der Waals surface area contributed by atoms with E-state index in [0.29, 0.717) is 12.5 Å². The third-order valence-electron chi connectivity index (χ3n) is 0.513. The molecule has 0 aromatic carbocycles. The number of rotatable bonds is 2. The standard InChI is InChI=1S/C2HF3O2.C2H6NO4S2.Li/c3-2(4,5)1(6)7;1-8(4,5)3-9(2,6)7;/h(H,6,7);1-2H3;/q;-1;+1. The van der Waals surface area contributed by atoms with Crippen LogP contribution < -0.4 is 18.9 Å². The third-order valence-corrected chi connectivity index (χ3v) is 2.68.